The van der Waals surface area contributed by atoms with E-state index in [0.29, 0.717) is 17.7 Å². The van der Waals surface area contributed by atoms with E-state index < -0.39 is 0 Å². The van der Waals surface area contributed by atoms with Gasteiger partial charge in [-0.3, -0.25) is 10.1 Å². The third-order valence-electron chi connectivity index (χ3n) is 6.69. The summed E-state index contributed by atoms with van der Waals surface area (Å²) in [6.07, 6.45) is 8.93. The molecule has 128 valence electrons. The molecule has 25 heavy (non-hydrogen) atoms. The van der Waals surface area contributed by atoms with Crippen LogP contribution in [0.4, 0.5) is 11.6 Å². The first-order chi connectivity index (χ1) is 12.2. The molecule has 0 aliphatic heterocycles. The number of hydrogen-bond donors (Lipinski definition) is 1. The second kappa shape index (κ2) is 5.32. The Morgan fingerprint density at radius 2 is 2.08 bits per heavy atom. The Balaban J connectivity index is 1.54. The fourth-order valence-electron chi connectivity index (χ4n) is 5.00. The van der Waals surface area contributed by atoms with Gasteiger partial charge in [-0.15, -0.1) is 0 Å². The number of nitrogens with zero attached hydrogens (tertiary/aromatic N) is 3. The van der Waals surface area contributed by atoms with Crippen molar-refractivity contribution in [3.8, 4) is 0 Å². The predicted octanol–water partition coefficient (Wildman–Crippen LogP) is 4.83. The molecule has 1 N–H and O–H groups in total. The van der Waals surface area contributed by atoms with Crippen LogP contribution < -0.4 is 5.32 Å². The molecule has 1 amide bonds. The maximum absolute atomic E-state index is 13.1. The first-order valence-electron chi connectivity index (χ1n) is 9.39. The highest BCUT2D eigenvalue weighted by molar-refractivity contribution is 5.96. The molecule has 5 rings (SSSR count). The number of hydrogen-bond acceptors (Lipinski definition) is 2. The molecule has 1 heterocycles. The zero-order valence-corrected chi connectivity index (χ0v) is 14.3. The van der Waals surface area contributed by atoms with Gasteiger partial charge in [0, 0.05) is 11.5 Å². The van der Waals surface area contributed by atoms with Crippen molar-refractivity contribution in [3.05, 3.63) is 29.6 Å². The minimum absolute atomic E-state index is 0.158. The Morgan fingerprint density at radius 3 is 2.68 bits per heavy atom. The highest BCUT2D eigenvalue weighted by Crippen LogP contribution is 2.54. The van der Waals surface area contributed by atoms with Crippen LogP contribution in [0.3, 0.4) is 0 Å². The number of amides is 1. The highest BCUT2D eigenvalue weighted by atomic mass is 16.2. The third-order valence-corrected chi connectivity index (χ3v) is 6.69. The highest BCUT2D eigenvalue weighted by Gasteiger charge is 2.50. The number of carbonyl (C=O) groups excluding carboxylic acids is 1. The molecule has 2 bridgehead atoms. The molecular weight excluding hydrogens is 312 g/mol. The minimum atomic E-state index is -0.158. The lowest BCUT2D eigenvalue weighted by molar-refractivity contribution is -0.125. The molecule has 0 unspecified atom stereocenters. The predicted molar refractivity (Wildman–Crippen MR) is 96.5 cm³/mol. The van der Waals surface area contributed by atoms with E-state index >= 15 is 0 Å². The molecule has 0 radical (unpaired) electrons. The summed E-state index contributed by atoms with van der Waals surface area (Å²) in [5, 5.41) is 3.18. The van der Waals surface area contributed by atoms with E-state index in [1.54, 1.807) is 6.07 Å². The van der Waals surface area contributed by atoms with Crippen LogP contribution in [0.1, 0.15) is 57.4 Å². The lowest BCUT2D eigenvalue weighted by atomic mass is 9.83. The molecule has 5 heteroatoms. The molecule has 3 saturated carbocycles. The van der Waals surface area contributed by atoms with E-state index in [4.69, 9.17) is 11.6 Å². The molecule has 0 spiro atoms. The number of rotatable bonds is 3. The van der Waals surface area contributed by atoms with Crippen molar-refractivity contribution in [1.82, 2.24) is 9.55 Å². The van der Waals surface area contributed by atoms with Crippen LogP contribution in [0.2, 0.25) is 0 Å². The fraction of sp³-hybridized carbons (Fsp3) is 0.550. The van der Waals surface area contributed by atoms with Crippen LogP contribution in [0, 0.1) is 17.9 Å². The quantitative estimate of drug-likeness (QED) is 0.817. The van der Waals surface area contributed by atoms with E-state index in [9.17, 15) is 4.79 Å². The largest absolute Gasteiger partial charge is 0.308 e. The standard InChI is InChI=1S/C20H22N4O/c1-21-14-5-6-16-17(11-14)24(15-3-2-4-15)19(22-16)23-18(25)20-9-7-13(12-20)8-10-20/h5-6,11,13,15H,2-4,7-10,12H2,(H,22,23,25). The van der Waals surface area contributed by atoms with Crippen molar-refractivity contribution >= 4 is 28.6 Å². The summed E-state index contributed by atoms with van der Waals surface area (Å²) in [4.78, 5) is 21.3. The number of fused-ring (bicyclic) bond motifs is 3. The summed E-state index contributed by atoms with van der Waals surface area (Å²) >= 11 is 0. The van der Waals surface area contributed by atoms with Crippen molar-refractivity contribution in [1.29, 1.82) is 0 Å². The van der Waals surface area contributed by atoms with Crippen molar-refractivity contribution in [2.75, 3.05) is 5.32 Å². The van der Waals surface area contributed by atoms with Crippen LogP contribution in [0.15, 0.2) is 18.2 Å². The zero-order chi connectivity index (χ0) is 17.0. The van der Waals surface area contributed by atoms with Gasteiger partial charge >= 0.3 is 0 Å². The molecule has 0 atom stereocenters. The summed E-state index contributed by atoms with van der Waals surface area (Å²) in [5.41, 5.74) is 2.30. The number of nitrogens with one attached hydrogen (secondary N) is 1. The van der Waals surface area contributed by atoms with Crippen LogP contribution in [-0.4, -0.2) is 15.5 Å². The number of benzene rings is 1. The van der Waals surface area contributed by atoms with Gasteiger partial charge in [0.2, 0.25) is 11.9 Å². The summed E-state index contributed by atoms with van der Waals surface area (Å²) < 4.78 is 2.17. The van der Waals surface area contributed by atoms with Gasteiger partial charge in [-0.2, -0.15) is 0 Å². The van der Waals surface area contributed by atoms with E-state index in [-0.39, 0.29) is 11.3 Å². The third kappa shape index (κ3) is 2.20. The number of aromatic nitrogens is 2. The van der Waals surface area contributed by atoms with Gasteiger partial charge in [0.05, 0.1) is 17.6 Å². The molecule has 2 aromatic rings. The van der Waals surface area contributed by atoms with E-state index in [1.807, 2.05) is 12.1 Å². The average Bonchev–Trinajstić information content (AvgIpc) is 3.28. The molecule has 0 saturated heterocycles. The summed E-state index contributed by atoms with van der Waals surface area (Å²) in [5.74, 6) is 1.59. The maximum Gasteiger partial charge on any atom is 0.232 e. The molecule has 1 aromatic heterocycles. The summed E-state index contributed by atoms with van der Waals surface area (Å²) in [7, 11) is 0. The fourth-order valence-corrected chi connectivity index (χ4v) is 5.00. The second-order valence-corrected chi connectivity index (χ2v) is 8.06. The van der Waals surface area contributed by atoms with Gasteiger partial charge in [-0.25, -0.2) is 9.83 Å². The van der Waals surface area contributed by atoms with Crippen LogP contribution >= 0.6 is 0 Å². The van der Waals surface area contributed by atoms with Crippen molar-refractivity contribution < 1.29 is 4.79 Å². The normalized spacial score (nSPS) is 28.0. The number of anilines is 1. The monoisotopic (exact) mass is 334 g/mol. The maximum atomic E-state index is 13.1. The van der Waals surface area contributed by atoms with Gasteiger partial charge in [0.1, 0.15) is 0 Å². The van der Waals surface area contributed by atoms with Gasteiger partial charge in [0.25, 0.3) is 0 Å². The average molecular weight is 334 g/mol. The van der Waals surface area contributed by atoms with Crippen LogP contribution in [0.5, 0.6) is 0 Å². The zero-order valence-electron chi connectivity index (χ0n) is 14.3. The van der Waals surface area contributed by atoms with Crippen LogP contribution in [0.25, 0.3) is 15.9 Å². The van der Waals surface area contributed by atoms with Gasteiger partial charge in [0.15, 0.2) is 5.69 Å². The van der Waals surface area contributed by atoms with Crippen molar-refractivity contribution in [3.63, 3.8) is 0 Å². The van der Waals surface area contributed by atoms with E-state index in [0.717, 1.165) is 49.1 Å². The molecule has 3 aliphatic carbocycles. The second-order valence-electron chi connectivity index (χ2n) is 8.06. The Hall–Kier alpha value is -2.35. The summed E-state index contributed by atoms with van der Waals surface area (Å²) in [6, 6.07) is 5.99. The number of imidazole rings is 1. The Morgan fingerprint density at radius 1 is 1.28 bits per heavy atom. The molecule has 3 aliphatic rings. The van der Waals surface area contributed by atoms with E-state index in [1.165, 1.54) is 19.3 Å². The number of carbonyl (C=O) groups is 1. The van der Waals surface area contributed by atoms with Gasteiger partial charge in [-0.05, 0) is 69.4 Å². The Kier molecular flexibility index (Phi) is 3.18. The van der Waals surface area contributed by atoms with E-state index in [2.05, 4.69) is 14.7 Å². The van der Waals surface area contributed by atoms with Gasteiger partial charge in [-0.1, -0.05) is 6.07 Å². The van der Waals surface area contributed by atoms with Crippen LogP contribution in [-0.2, 0) is 4.79 Å². The first kappa shape index (κ1) is 14.9. The topological polar surface area (TPSA) is 51.3 Å². The minimum Gasteiger partial charge on any atom is -0.308 e. The SMILES string of the molecule is [C-]#[N+]c1ccc2nc(NC(=O)C34CCC(CC3)C4)n(C3CCC3)c2c1. The smallest absolute Gasteiger partial charge is 0.232 e. The molecular formula is C20H22N4O. The first-order valence-corrected chi connectivity index (χ1v) is 9.39. The van der Waals surface area contributed by atoms with Crippen molar-refractivity contribution in [2.24, 2.45) is 11.3 Å². The van der Waals surface area contributed by atoms with Gasteiger partial charge < -0.3 is 4.57 Å². The lowest BCUT2D eigenvalue weighted by Gasteiger charge is -2.30. The molecule has 5 nitrogen and oxygen atoms in total. The molecule has 3 fully saturated rings. The Labute approximate surface area is 147 Å². The Bertz CT molecular complexity index is 894. The summed E-state index contributed by atoms with van der Waals surface area (Å²) in [6.45, 7) is 7.27. The molecule has 1 aromatic carbocycles. The lowest BCUT2D eigenvalue weighted by Crippen LogP contribution is -2.34. The van der Waals surface area contributed by atoms with Crippen molar-refractivity contribution in [2.45, 2.75) is 57.4 Å².